The minimum atomic E-state index is -1.05. The van der Waals surface area contributed by atoms with Crippen molar-refractivity contribution in [3.63, 3.8) is 0 Å². The molecule has 29 heavy (non-hydrogen) atoms. The lowest BCUT2D eigenvalue weighted by atomic mass is 9.98. The van der Waals surface area contributed by atoms with Gasteiger partial charge in [0, 0.05) is 13.0 Å². The number of carbonyl (C=O) groups is 2. The molecule has 0 radical (unpaired) electrons. The van der Waals surface area contributed by atoms with E-state index in [2.05, 4.69) is 24.3 Å². The maximum Gasteiger partial charge on any atom is 0.409 e. The Bertz CT molecular complexity index is 1040. The van der Waals surface area contributed by atoms with Crippen LogP contribution in [0.25, 0.3) is 11.1 Å². The fourth-order valence-electron chi connectivity index (χ4n) is 3.84. The standard InChI is InChI=1S/C23H21NO5/c1-14-20(22(25)26)11-15(29-14)12-24(2)23(27)28-13-21-18-9-5-3-7-16(18)17-8-4-6-10-19(17)21/h3-11,21H,12-13H2,1-2H3,(H,25,26). The van der Waals surface area contributed by atoms with E-state index in [-0.39, 0.29) is 24.6 Å². The summed E-state index contributed by atoms with van der Waals surface area (Å²) in [7, 11) is 1.59. The van der Waals surface area contributed by atoms with Crippen LogP contribution in [0.1, 0.15) is 38.9 Å². The van der Waals surface area contributed by atoms with Gasteiger partial charge in [-0.1, -0.05) is 48.5 Å². The lowest BCUT2D eigenvalue weighted by Crippen LogP contribution is -2.28. The normalized spacial score (nSPS) is 12.3. The fraction of sp³-hybridized carbons (Fsp3) is 0.217. The molecule has 1 aliphatic rings. The summed E-state index contributed by atoms with van der Waals surface area (Å²) in [6.45, 7) is 1.94. The van der Waals surface area contributed by atoms with E-state index >= 15 is 0 Å². The number of aryl methyl sites for hydroxylation is 1. The summed E-state index contributed by atoms with van der Waals surface area (Å²) >= 11 is 0. The Kier molecular flexibility index (Phi) is 4.84. The Morgan fingerprint density at radius 2 is 1.66 bits per heavy atom. The van der Waals surface area contributed by atoms with Crippen molar-refractivity contribution in [2.75, 3.05) is 13.7 Å². The Hall–Kier alpha value is -3.54. The summed E-state index contributed by atoms with van der Waals surface area (Å²) in [5.74, 6) is -0.352. The highest BCUT2D eigenvalue weighted by molar-refractivity contribution is 5.88. The largest absolute Gasteiger partial charge is 0.478 e. The maximum absolute atomic E-state index is 12.5. The number of carbonyl (C=O) groups excluding carboxylic acids is 1. The molecule has 0 saturated heterocycles. The molecule has 0 spiro atoms. The quantitative estimate of drug-likeness (QED) is 0.684. The van der Waals surface area contributed by atoms with E-state index in [4.69, 9.17) is 14.3 Å². The molecule has 0 bridgehead atoms. The van der Waals surface area contributed by atoms with Crippen LogP contribution in [-0.2, 0) is 11.3 Å². The zero-order chi connectivity index (χ0) is 20.5. The molecule has 2 aromatic carbocycles. The molecule has 6 nitrogen and oxygen atoms in total. The molecule has 148 valence electrons. The monoisotopic (exact) mass is 391 g/mol. The second-order valence-electron chi connectivity index (χ2n) is 7.15. The van der Waals surface area contributed by atoms with Crippen LogP contribution in [0.4, 0.5) is 4.79 Å². The predicted molar refractivity (Wildman–Crippen MR) is 107 cm³/mol. The van der Waals surface area contributed by atoms with Gasteiger partial charge in [0.2, 0.25) is 0 Å². The summed E-state index contributed by atoms with van der Waals surface area (Å²) in [5.41, 5.74) is 4.74. The maximum atomic E-state index is 12.5. The molecule has 0 fully saturated rings. The smallest absolute Gasteiger partial charge is 0.409 e. The molecule has 1 heterocycles. The third-order valence-corrected chi connectivity index (χ3v) is 5.24. The first-order chi connectivity index (χ1) is 14.0. The molecule has 0 atom stereocenters. The zero-order valence-corrected chi connectivity index (χ0v) is 16.2. The van der Waals surface area contributed by atoms with Crippen LogP contribution in [0.2, 0.25) is 0 Å². The number of hydrogen-bond acceptors (Lipinski definition) is 4. The third-order valence-electron chi connectivity index (χ3n) is 5.24. The van der Waals surface area contributed by atoms with Crippen molar-refractivity contribution in [2.24, 2.45) is 0 Å². The van der Waals surface area contributed by atoms with Crippen molar-refractivity contribution in [2.45, 2.75) is 19.4 Å². The molecule has 1 amide bonds. The van der Waals surface area contributed by atoms with E-state index in [1.54, 1.807) is 14.0 Å². The van der Waals surface area contributed by atoms with Gasteiger partial charge in [-0.25, -0.2) is 9.59 Å². The van der Waals surface area contributed by atoms with Crippen molar-refractivity contribution in [1.29, 1.82) is 0 Å². The van der Waals surface area contributed by atoms with E-state index in [1.165, 1.54) is 22.1 Å². The predicted octanol–water partition coefficient (Wildman–Crippen LogP) is 4.67. The van der Waals surface area contributed by atoms with Gasteiger partial charge in [-0.15, -0.1) is 0 Å². The minimum Gasteiger partial charge on any atom is -0.478 e. The van der Waals surface area contributed by atoms with Gasteiger partial charge in [-0.05, 0) is 35.2 Å². The number of benzene rings is 2. The van der Waals surface area contributed by atoms with Gasteiger partial charge < -0.3 is 19.2 Å². The van der Waals surface area contributed by atoms with Crippen molar-refractivity contribution >= 4 is 12.1 Å². The lowest BCUT2D eigenvalue weighted by molar-refractivity contribution is 0.0695. The molecule has 6 heteroatoms. The molecule has 1 aromatic heterocycles. The van der Waals surface area contributed by atoms with E-state index < -0.39 is 12.1 Å². The van der Waals surface area contributed by atoms with Crippen LogP contribution in [0.3, 0.4) is 0 Å². The van der Waals surface area contributed by atoms with Crippen molar-refractivity contribution in [1.82, 2.24) is 4.90 Å². The molecule has 3 aromatic rings. The molecule has 1 N–H and O–H groups in total. The number of carboxylic acid groups (broad SMARTS) is 1. The number of nitrogens with zero attached hydrogens (tertiary/aromatic N) is 1. The number of carboxylic acids is 1. The Morgan fingerprint density at radius 1 is 1.07 bits per heavy atom. The lowest BCUT2D eigenvalue weighted by Gasteiger charge is -2.19. The number of ether oxygens (including phenoxy) is 1. The van der Waals surface area contributed by atoms with Crippen LogP contribution in [0.15, 0.2) is 59.0 Å². The average Bonchev–Trinajstić information content (AvgIpc) is 3.24. The molecule has 4 rings (SSSR count). The summed E-state index contributed by atoms with van der Waals surface area (Å²) in [5, 5.41) is 9.12. The first-order valence-corrected chi connectivity index (χ1v) is 9.34. The van der Waals surface area contributed by atoms with Crippen molar-refractivity contribution in [3.8, 4) is 11.1 Å². The van der Waals surface area contributed by atoms with Gasteiger partial charge in [-0.3, -0.25) is 0 Å². The number of rotatable bonds is 5. The number of fused-ring (bicyclic) bond motifs is 3. The van der Waals surface area contributed by atoms with Crippen LogP contribution in [-0.4, -0.2) is 35.7 Å². The van der Waals surface area contributed by atoms with Crippen LogP contribution < -0.4 is 0 Å². The highest BCUT2D eigenvalue weighted by Crippen LogP contribution is 2.44. The molecular weight excluding hydrogens is 370 g/mol. The highest BCUT2D eigenvalue weighted by atomic mass is 16.6. The van der Waals surface area contributed by atoms with Gasteiger partial charge in [0.15, 0.2) is 0 Å². The first-order valence-electron chi connectivity index (χ1n) is 9.34. The average molecular weight is 391 g/mol. The highest BCUT2D eigenvalue weighted by Gasteiger charge is 2.29. The van der Waals surface area contributed by atoms with Gasteiger partial charge in [0.05, 0.1) is 6.54 Å². The number of furan rings is 1. The minimum absolute atomic E-state index is 0.00998. The Morgan fingerprint density at radius 3 is 2.21 bits per heavy atom. The SMILES string of the molecule is Cc1oc(CN(C)C(=O)OCC2c3ccccc3-c3ccccc32)cc1C(=O)O. The molecular formula is C23H21NO5. The summed E-state index contributed by atoms with van der Waals surface area (Å²) in [4.78, 5) is 25.0. The second-order valence-corrected chi connectivity index (χ2v) is 7.15. The number of aromatic carboxylic acids is 1. The van der Waals surface area contributed by atoms with Gasteiger partial charge in [0.25, 0.3) is 0 Å². The zero-order valence-electron chi connectivity index (χ0n) is 16.2. The summed E-state index contributed by atoms with van der Waals surface area (Å²) in [6.07, 6.45) is -0.488. The van der Waals surface area contributed by atoms with E-state index in [0.717, 1.165) is 11.1 Å². The van der Waals surface area contributed by atoms with Crippen LogP contribution in [0.5, 0.6) is 0 Å². The van der Waals surface area contributed by atoms with E-state index in [0.29, 0.717) is 11.5 Å². The van der Waals surface area contributed by atoms with Crippen molar-refractivity contribution in [3.05, 3.63) is 82.8 Å². The molecule has 0 unspecified atom stereocenters. The van der Waals surface area contributed by atoms with E-state index in [1.807, 2.05) is 24.3 Å². The van der Waals surface area contributed by atoms with Crippen molar-refractivity contribution < 1.29 is 23.8 Å². The molecule has 0 saturated carbocycles. The first kappa shape index (κ1) is 18.8. The second kappa shape index (κ2) is 7.47. The van der Waals surface area contributed by atoms with E-state index in [9.17, 15) is 9.59 Å². The number of hydrogen-bond donors (Lipinski definition) is 1. The Balaban J connectivity index is 1.44. The van der Waals surface area contributed by atoms with Gasteiger partial charge in [-0.2, -0.15) is 0 Å². The molecule has 1 aliphatic carbocycles. The van der Waals surface area contributed by atoms with Gasteiger partial charge in [0.1, 0.15) is 23.7 Å². The van der Waals surface area contributed by atoms with Crippen LogP contribution in [0, 0.1) is 6.92 Å². The van der Waals surface area contributed by atoms with Crippen LogP contribution >= 0.6 is 0 Å². The van der Waals surface area contributed by atoms with Gasteiger partial charge >= 0.3 is 12.1 Å². The molecule has 0 aliphatic heterocycles. The Labute approximate surface area is 168 Å². The summed E-state index contributed by atoms with van der Waals surface area (Å²) < 4.78 is 11.0. The third kappa shape index (κ3) is 3.49. The number of amides is 1. The topological polar surface area (TPSA) is 80.0 Å². The summed E-state index contributed by atoms with van der Waals surface area (Å²) in [6, 6.07) is 17.7. The fourth-order valence-corrected chi connectivity index (χ4v) is 3.84.